The van der Waals surface area contributed by atoms with E-state index in [1.807, 2.05) is 0 Å². The van der Waals surface area contributed by atoms with E-state index >= 15 is 0 Å². The van der Waals surface area contributed by atoms with E-state index in [2.05, 4.69) is 35.9 Å². The molecule has 2 aromatic rings. The molecule has 4 aliphatic carbocycles. The number of aliphatic hydroxyl groups is 2. The Hall–Kier alpha value is -3.23. The number of fused-ring (bicyclic) bond motifs is 5. The lowest BCUT2D eigenvalue weighted by molar-refractivity contribution is -0.832. The second-order valence-electron chi connectivity index (χ2n) is 16.0. The van der Waals surface area contributed by atoms with E-state index in [0.717, 1.165) is 57.8 Å². The highest BCUT2D eigenvalue weighted by Gasteiger charge is 2.62. The number of benzene rings is 1. The van der Waals surface area contributed by atoms with Crippen LogP contribution in [0.2, 0.25) is 0 Å². The van der Waals surface area contributed by atoms with E-state index in [1.165, 1.54) is 24.3 Å². The Bertz CT molecular complexity index is 1650. The number of hydrogen-bond donors (Lipinski definition) is 3. The normalized spacial score (nSPS) is 33.7. The van der Waals surface area contributed by atoms with Crippen LogP contribution < -0.4 is 15.0 Å². The summed E-state index contributed by atoms with van der Waals surface area (Å²) in [7, 11) is -4.26. The van der Waals surface area contributed by atoms with Gasteiger partial charge in [0.25, 0.3) is 9.84 Å². The maximum atomic E-state index is 12.8. The molecule has 51 heavy (non-hydrogen) atoms. The average molecular weight is 732 g/mol. The van der Waals surface area contributed by atoms with E-state index in [1.54, 1.807) is 6.07 Å². The van der Waals surface area contributed by atoms with Crippen LogP contribution in [-0.2, 0) is 24.2 Å². The summed E-state index contributed by atoms with van der Waals surface area (Å²) < 4.78 is 40.6. The number of ether oxygens (including phenoxy) is 2. The third-order valence-electron chi connectivity index (χ3n) is 13.3. The van der Waals surface area contributed by atoms with Crippen molar-refractivity contribution in [3.8, 4) is 5.88 Å². The lowest BCUT2D eigenvalue weighted by Gasteiger charge is -2.62. The first-order valence-corrected chi connectivity index (χ1v) is 20.0. The van der Waals surface area contributed by atoms with Gasteiger partial charge in [-0.2, -0.15) is 0 Å². The summed E-state index contributed by atoms with van der Waals surface area (Å²) in [6.45, 7) is 6.73. The minimum Gasteiger partial charge on any atom is -0.462 e. The minimum atomic E-state index is -4.26. The fourth-order valence-corrected chi connectivity index (χ4v) is 12.0. The van der Waals surface area contributed by atoms with Crippen molar-refractivity contribution in [1.29, 1.82) is 0 Å². The first kappa shape index (κ1) is 37.5. The third kappa shape index (κ3) is 7.37. The third-order valence-corrected chi connectivity index (χ3v) is 15.1. The molecular weight excluding hydrogens is 678 g/mol. The number of sulfone groups is 1. The molecule has 4 fully saturated rings. The van der Waals surface area contributed by atoms with E-state index < -0.39 is 26.7 Å². The largest absolute Gasteiger partial charge is 0.462 e. The number of aromatic nitrogens is 2. The monoisotopic (exact) mass is 731 g/mol. The minimum absolute atomic E-state index is 0.0502. The molecule has 0 saturated heterocycles. The van der Waals surface area contributed by atoms with Crippen LogP contribution in [0.5, 0.6) is 5.88 Å². The summed E-state index contributed by atoms with van der Waals surface area (Å²) >= 11 is 0. The zero-order valence-corrected chi connectivity index (χ0v) is 30.7. The van der Waals surface area contributed by atoms with Gasteiger partial charge < -0.3 is 30.2 Å². The molecule has 4 saturated carbocycles. The molecule has 14 heteroatoms. The summed E-state index contributed by atoms with van der Waals surface area (Å²) in [5, 5.41) is 39.2. The van der Waals surface area contributed by atoms with Crippen LogP contribution >= 0.6 is 0 Å². The average Bonchev–Trinajstić information content (AvgIpc) is 3.66. The molecule has 10 atom stereocenters. The molecule has 6 rings (SSSR count). The zero-order valence-electron chi connectivity index (χ0n) is 29.9. The van der Waals surface area contributed by atoms with Gasteiger partial charge in [0.05, 0.1) is 28.7 Å². The summed E-state index contributed by atoms with van der Waals surface area (Å²) in [4.78, 5) is 24.6. The van der Waals surface area contributed by atoms with Gasteiger partial charge in [0.2, 0.25) is 5.91 Å². The van der Waals surface area contributed by atoms with Crippen LogP contribution in [0.3, 0.4) is 0 Å². The Morgan fingerprint density at radius 3 is 2.53 bits per heavy atom. The predicted octanol–water partition coefficient (Wildman–Crippen LogP) is 3.98. The van der Waals surface area contributed by atoms with Crippen molar-refractivity contribution in [1.82, 2.24) is 10.5 Å². The number of nitrogens with one attached hydrogen (secondary N) is 1. The lowest BCUT2D eigenvalue weighted by atomic mass is 9.43. The molecule has 1 unspecified atom stereocenters. The van der Waals surface area contributed by atoms with Gasteiger partial charge in [0, 0.05) is 13.0 Å². The van der Waals surface area contributed by atoms with Crippen LogP contribution in [0, 0.1) is 51.5 Å². The number of aliphatic hydroxyl groups excluding tert-OH is 2. The van der Waals surface area contributed by atoms with Crippen molar-refractivity contribution < 1.29 is 47.2 Å². The van der Waals surface area contributed by atoms with Gasteiger partial charge in [-0.15, -0.1) is 0 Å². The highest BCUT2D eigenvalue weighted by atomic mass is 32.2. The van der Waals surface area contributed by atoms with E-state index in [-0.39, 0.29) is 64.9 Å². The summed E-state index contributed by atoms with van der Waals surface area (Å²) in [6, 6.07) is 7.30. The number of amides is 1. The number of esters is 1. The fraction of sp³-hybridized carbons (Fsp3) is 0.730. The van der Waals surface area contributed by atoms with Crippen LogP contribution in [0.25, 0.3) is 0 Å². The summed E-state index contributed by atoms with van der Waals surface area (Å²) in [6.07, 6.45) is 8.58. The molecule has 13 nitrogen and oxygen atoms in total. The number of nitrogens with zero attached hydrogens (tertiary/aromatic N) is 2. The Balaban J connectivity index is 0.909. The summed E-state index contributed by atoms with van der Waals surface area (Å²) in [5.74, 6) is 1.31. The van der Waals surface area contributed by atoms with E-state index in [9.17, 15) is 33.4 Å². The Kier molecular flexibility index (Phi) is 11.1. The molecule has 4 aliphatic rings. The molecule has 0 bridgehead atoms. The highest BCUT2D eigenvalue weighted by molar-refractivity contribution is 7.91. The molecule has 0 spiro atoms. The van der Waals surface area contributed by atoms with Gasteiger partial charge in [-0.3, -0.25) is 14.2 Å². The van der Waals surface area contributed by atoms with Crippen molar-refractivity contribution in [2.24, 2.45) is 46.3 Å². The maximum absolute atomic E-state index is 12.8. The molecular formula is C37H53N3O10S. The van der Waals surface area contributed by atoms with Crippen molar-refractivity contribution in [2.75, 3.05) is 19.8 Å². The highest BCUT2D eigenvalue weighted by Crippen LogP contribution is 2.68. The van der Waals surface area contributed by atoms with Gasteiger partial charge in [-0.1, -0.05) is 39.0 Å². The van der Waals surface area contributed by atoms with Crippen molar-refractivity contribution in [3.05, 3.63) is 35.5 Å². The van der Waals surface area contributed by atoms with Gasteiger partial charge in [0.15, 0.2) is 0 Å². The standard InChI is InChI=1S/C37H53N3O10S/c1-23(27-10-11-28-33-29(14-17-37(27,28)3)36(2)16-13-25(41)21-24(36)22-30(33)42)9-12-31(43)38-18-15-32(44)48-19-20-49-34-35(40(45)50-39-34)51(46,47)26-7-5-4-6-8-26/h4-8,23-25,27-30,33,41-42H,9-22H2,1-3H3,(H,38,43)/t23-,24+,25-,27-,28+,29+,30+,33?,36+,37-/m1/s1. The quantitative estimate of drug-likeness (QED) is 0.153. The Morgan fingerprint density at radius 2 is 1.76 bits per heavy atom. The van der Waals surface area contributed by atoms with Crippen molar-refractivity contribution in [2.45, 2.75) is 114 Å². The summed E-state index contributed by atoms with van der Waals surface area (Å²) in [5.41, 5.74) is 0.342. The number of carbonyl (C=O) groups excluding carboxylic acids is 2. The maximum Gasteiger partial charge on any atom is 0.415 e. The molecule has 1 aromatic heterocycles. The van der Waals surface area contributed by atoms with Crippen LogP contribution in [0.15, 0.2) is 44.9 Å². The smallest absolute Gasteiger partial charge is 0.415 e. The number of hydrogen-bond acceptors (Lipinski definition) is 11. The first-order chi connectivity index (χ1) is 24.3. The molecule has 3 N–H and O–H groups in total. The van der Waals surface area contributed by atoms with Crippen molar-refractivity contribution >= 4 is 21.7 Å². The molecule has 1 aromatic carbocycles. The second-order valence-corrected chi connectivity index (χ2v) is 17.9. The predicted molar refractivity (Wildman–Crippen MR) is 182 cm³/mol. The lowest BCUT2D eigenvalue weighted by Crippen LogP contribution is -2.58. The van der Waals surface area contributed by atoms with Gasteiger partial charge in [-0.25, -0.2) is 8.42 Å². The topological polar surface area (TPSA) is 192 Å². The van der Waals surface area contributed by atoms with Crippen LogP contribution in [-0.4, -0.2) is 67.6 Å². The zero-order chi connectivity index (χ0) is 36.6. The van der Waals surface area contributed by atoms with Crippen LogP contribution in [0.1, 0.15) is 91.4 Å². The SMILES string of the molecule is C[C@H](CCC(=O)NCCC(=O)OCCOc1no[n+]([O-])c1S(=O)(=O)c1ccccc1)[C@H]1CC[C@H]2C3[C@@H](O)C[C@@H]4C[C@H](O)CC[C@]4(C)[C@H]3CC[C@]12C. The van der Waals surface area contributed by atoms with E-state index in [4.69, 9.17) is 9.47 Å². The van der Waals surface area contributed by atoms with E-state index in [0.29, 0.717) is 41.9 Å². The second kappa shape index (κ2) is 15.0. The van der Waals surface area contributed by atoms with Gasteiger partial charge in [-0.05, 0) is 121 Å². The molecule has 0 radical (unpaired) electrons. The van der Waals surface area contributed by atoms with Crippen LogP contribution in [0.4, 0.5) is 0 Å². The molecule has 0 aliphatic heterocycles. The van der Waals surface area contributed by atoms with Gasteiger partial charge >= 0.3 is 16.9 Å². The fourth-order valence-electron chi connectivity index (χ4n) is 10.7. The molecule has 1 heterocycles. The Labute approximate surface area is 299 Å². The van der Waals surface area contributed by atoms with Gasteiger partial charge in [0.1, 0.15) is 13.2 Å². The molecule has 1 amide bonds. The molecule has 282 valence electrons. The number of rotatable bonds is 13. The number of carbonyl (C=O) groups is 2. The first-order valence-electron chi connectivity index (χ1n) is 18.6. The van der Waals surface area contributed by atoms with Crippen molar-refractivity contribution in [3.63, 3.8) is 0 Å². The Morgan fingerprint density at radius 1 is 1.04 bits per heavy atom.